The first-order valence-corrected chi connectivity index (χ1v) is 4.43. The molecule has 13 heavy (non-hydrogen) atoms. The minimum absolute atomic E-state index is 0.00195. The topological polar surface area (TPSA) is 49.4 Å². The van der Waals surface area contributed by atoms with Gasteiger partial charge in [-0.05, 0) is 34.0 Å². The van der Waals surface area contributed by atoms with Crippen LogP contribution in [0.25, 0.3) is 0 Å². The van der Waals surface area contributed by atoms with E-state index < -0.39 is 0 Å². The van der Waals surface area contributed by atoms with Crippen LogP contribution in [-0.2, 0) is 9.59 Å². The van der Waals surface area contributed by atoms with Gasteiger partial charge in [-0.2, -0.15) is 0 Å². The lowest BCUT2D eigenvalue weighted by Crippen LogP contribution is -2.28. The van der Waals surface area contributed by atoms with Gasteiger partial charge in [0.1, 0.15) is 5.78 Å². The Hall–Kier alpha value is -0.900. The fraction of sp³-hybridized carbons (Fsp3) is 0.778. The van der Waals surface area contributed by atoms with E-state index in [4.69, 9.17) is 0 Å². The maximum absolute atomic E-state index is 11.0. The maximum Gasteiger partial charge on any atom is 0.227 e. The maximum atomic E-state index is 11.0. The van der Waals surface area contributed by atoms with Crippen molar-refractivity contribution in [1.29, 1.82) is 0 Å². The summed E-state index contributed by atoms with van der Waals surface area (Å²) in [5.41, 5.74) is 0. The molecule has 0 radical (unpaired) electrons. The molecule has 0 aliphatic heterocycles. The van der Waals surface area contributed by atoms with E-state index in [1.54, 1.807) is 0 Å². The molecule has 0 spiro atoms. The second kappa shape index (κ2) is 6.60. The van der Waals surface area contributed by atoms with Gasteiger partial charge in [-0.1, -0.05) is 0 Å². The largest absolute Gasteiger partial charge is 0.356 e. The first-order chi connectivity index (χ1) is 6.02. The van der Waals surface area contributed by atoms with Gasteiger partial charge >= 0.3 is 0 Å². The molecular weight excluding hydrogens is 168 g/mol. The summed E-state index contributed by atoms with van der Waals surface area (Å²) in [6.07, 6.45) is 0.915. The van der Waals surface area contributed by atoms with Crippen LogP contribution < -0.4 is 5.32 Å². The van der Waals surface area contributed by atoms with Gasteiger partial charge in [-0.3, -0.25) is 9.59 Å². The summed E-state index contributed by atoms with van der Waals surface area (Å²) < 4.78 is 0. The third-order valence-electron chi connectivity index (χ3n) is 1.51. The monoisotopic (exact) mass is 186 g/mol. The average molecular weight is 186 g/mol. The van der Waals surface area contributed by atoms with Crippen molar-refractivity contribution in [2.75, 3.05) is 27.2 Å². The molecule has 1 amide bonds. The summed E-state index contributed by atoms with van der Waals surface area (Å²) >= 11 is 0. The van der Waals surface area contributed by atoms with E-state index in [1.807, 2.05) is 14.1 Å². The molecule has 0 heterocycles. The number of amides is 1. The first-order valence-electron chi connectivity index (χ1n) is 4.43. The van der Waals surface area contributed by atoms with Gasteiger partial charge in [-0.25, -0.2) is 0 Å². The molecule has 0 aromatic carbocycles. The third kappa shape index (κ3) is 9.01. The van der Waals surface area contributed by atoms with E-state index in [0.29, 0.717) is 6.54 Å². The predicted octanol–water partition coefficient (Wildman–Crippen LogP) is 0.0334. The van der Waals surface area contributed by atoms with E-state index in [1.165, 1.54) is 6.92 Å². The smallest absolute Gasteiger partial charge is 0.227 e. The van der Waals surface area contributed by atoms with Gasteiger partial charge in [0, 0.05) is 6.54 Å². The predicted molar refractivity (Wildman–Crippen MR) is 51.5 cm³/mol. The molecule has 0 fully saturated rings. The molecule has 0 saturated heterocycles. The van der Waals surface area contributed by atoms with Gasteiger partial charge in [-0.15, -0.1) is 0 Å². The summed E-state index contributed by atoms with van der Waals surface area (Å²) in [6, 6.07) is 0. The fourth-order valence-corrected chi connectivity index (χ4v) is 0.912. The minimum Gasteiger partial charge on any atom is -0.356 e. The Bertz CT molecular complexity index is 178. The van der Waals surface area contributed by atoms with Crippen molar-refractivity contribution in [3.63, 3.8) is 0 Å². The molecule has 76 valence electrons. The zero-order valence-corrected chi connectivity index (χ0v) is 8.59. The number of nitrogens with one attached hydrogen (secondary N) is 1. The molecule has 0 saturated carbocycles. The molecule has 0 aliphatic rings. The molecule has 0 atom stereocenters. The summed E-state index contributed by atoms with van der Waals surface area (Å²) in [4.78, 5) is 23.5. The number of carbonyl (C=O) groups excluding carboxylic acids is 2. The molecule has 4 heteroatoms. The van der Waals surface area contributed by atoms with Crippen LogP contribution in [0.2, 0.25) is 0 Å². The molecular formula is C9H18N2O2. The van der Waals surface area contributed by atoms with Crippen molar-refractivity contribution in [1.82, 2.24) is 10.2 Å². The molecule has 0 rings (SSSR count). The second-order valence-electron chi connectivity index (χ2n) is 3.39. The number of rotatable bonds is 6. The normalized spacial score (nSPS) is 10.2. The van der Waals surface area contributed by atoms with Gasteiger partial charge in [0.05, 0.1) is 6.42 Å². The highest BCUT2D eigenvalue weighted by molar-refractivity contribution is 5.96. The highest BCUT2D eigenvalue weighted by Crippen LogP contribution is 1.84. The Morgan fingerprint density at radius 1 is 1.31 bits per heavy atom. The molecule has 1 N–H and O–H groups in total. The summed E-state index contributed by atoms with van der Waals surface area (Å²) in [6.45, 7) is 3.00. The van der Waals surface area contributed by atoms with Crippen LogP contribution in [0.5, 0.6) is 0 Å². The van der Waals surface area contributed by atoms with Crippen LogP contribution in [-0.4, -0.2) is 43.8 Å². The molecule has 0 aliphatic carbocycles. The Balaban J connectivity index is 3.32. The number of nitrogens with zero attached hydrogens (tertiary/aromatic N) is 1. The van der Waals surface area contributed by atoms with E-state index in [-0.39, 0.29) is 18.1 Å². The molecule has 0 bridgehead atoms. The Morgan fingerprint density at radius 2 is 1.92 bits per heavy atom. The van der Waals surface area contributed by atoms with E-state index in [0.717, 1.165) is 13.0 Å². The Morgan fingerprint density at radius 3 is 2.38 bits per heavy atom. The number of Topliss-reactive ketones (excluding diaryl/α,β-unsaturated/α-hetero) is 1. The van der Waals surface area contributed by atoms with Crippen molar-refractivity contribution in [3.8, 4) is 0 Å². The van der Waals surface area contributed by atoms with E-state index in [2.05, 4.69) is 10.2 Å². The third-order valence-corrected chi connectivity index (χ3v) is 1.51. The highest BCUT2D eigenvalue weighted by Gasteiger charge is 2.03. The summed E-state index contributed by atoms with van der Waals surface area (Å²) in [7, 11) is 3.97. The van der Waals surface area contributed by atoms with Crippen LogP contribution >= 0.6 is 0 Å². The lowest BCUT2D eigenvalue weighted by atomic mass is 10.3. The zero-order chi connectivity index (χ0) is 10.3. The number of carbonyl (C=O) groups is 2. The lowest BCUT2D eigenvalue weighted by Gasteiger charge is -2.09. The molecule has 4 nitrogen and oxygen atoms in total. The highest BCUT2D eigenvalue weighted by atomic mass is 16.2. The fourth-order valence-electron chi connectivity index (χ4n) is 0.912. The standard InChI is InChI=1S/C9H18N2O2/c1-8(12)7-9(13)10-5-4-6-11(2)3/h4-7H2,1-3H3,(H,10,13). The van der Waals surface area contributed by atoms with Gasteiger partial charge in [0.15, 0.2) is 0 Å². The van der Waals surface area contributed by atoms with Crippen LogP contribution in [0.1, 0.15) is 19.8 Å². The number of ketones is 1. The first kappa shape index (κ1) is 12.1. The number of hydrogen-bond donors (Lipinski definition) is 1. The van der Waals surface area contributed by atoms with Crippen molar-refractivity contribution >= 4 is 11.7 Å². The SMILES string of the molecule is CC(=O)CC(=O)NCCCN(C)C. The van der Waals surface area contributed by atoms with Gasteiger partial charge < -0.3 is 10.2 Å². The molecule has 0 aromatic rings. The van der Waals surface area contributed by atoms with Crippen molar-refractivity contribution < 1.29 is 9.59 Å². The van der Waals surface area contributed by atoms with Gasteiger partial charge in [0.25, 0.3) is 0 Å². The summed E-state index contributed by atoms with van der Waals surface area (Å²) in [5, 5.41) is 2.68. The molecule has 0 aromatic heterocycles. The van der Waals surface area contributed by atoms with Crippen molar-refractivity contribution in [2.45, 2.75) is 19.8 Å². The number of hydrogen-bond acceptors (Lipinski definition) is 3. The average Bonchev–Trinajstić information content (AvgIpc) is 1.96. The van der Waals surface area contributed by atoms with E-state index in [9.17, 15) is 9.59 Å². The van der Waals surface area contributed by atoms with Crippen LogP contribution in [0, 0.1) is 0 Å². The van der Waals surface area contributed by atoms with Crippen molar-refractivity contribution in [3.05, 3.63) is 0 Å². The Labute approximate surface area is 79.3 Å². The van der Waals surface area contributed by atoms with Crippen LogP contribution in [0.4, 0.5) is 0 Å². The van der Waals surface area contributed by atoms with Crippen LogP contribution in [0.15, 0.2) is 0 Å². The van der Waals surface area contributed by atoms with Gasteiger partial charge in [0.2, 0.25) is 5.91 Å². The molecule has 0 unspecified atom stereocenters. The van der Waals surface area contributed by atoms with Crippen molar-refractivity contribution in [2.24, 2.45) is 0 Å². The summed E-state index contributed by atoms with van der Waals surface area (Å²) in [5.74, 6) is -0.267. The zero-order valence-electron chi connectivity index (χ0n) is 8.59. The quantitative estimate of drug-likeness (QED) is 0.470. The Kier molecular flexibility index (Phi) is 6.14. The second-order valence-corrected chi connectivity index (χ2v) is 3.39. The van der Waals surface area contributed by atoms with Crippen LogP contribution in [0.3, 0.4) is 0 Å². The minimum atomic E-state index is -0.175. The van der Waals surface area contributed by atoms with E-state index >= 15 is 0 Å². The lowest BCUT2D eigenvalue weighted by molar-refractivity contribution is -0.127.